The third-order valence-electron chi connectivity index (χ3n) is 4.92. The molecule has 39 heavy (non-hydrogen) atoms. The van der Waals surface area contributed by atoms with E-state index in [4.69, 9.17) is 33.1 Å². The minimum Gasteiger partial charge on any atom is -0.494 e. The van der Waals surface area contributed by atoms with Crippen LogP contribution in [0.4, 0.5) is 5.69 Å². The van der Waals surface area contributed by atoms with Gasteiger partial charge in [0.1, 0.15) is 16.9 Å². The van der Waals surface area contributed by atoms with Crippen LogP contribution >= 0.6 is 35.0 Å². The topological polar surface area (TPSA) is 194 Å². The number of aromatic amines is 2. The highest BCUT2D eigenvalue weighted by Crippen LogP contribution is 2.32. The Morgan fingerprint density at radius 1 is 1.08 bits per heavy atom. The number of carboxylic acids is 1. The van der Waals surface area contributed by atoms with Gasteiger partial charge in [-0.25, -0.2) is 9.79 Å². The molecule has 0 spiro atoms. The number of H-pyrrole nitrogens is 2. The maximum atomic E-state index is 12.5. The van der Waals surface area contributed by atoms with Gasteiger partial charge in [-0.2, -0.15) is 0 Å². The number of hydrogen-bond donors (Lipinski definition) is 6. The van der Waals surface area contributed by atoms with Crippen molar-refractivity contribution in [2.45, 2.75) is 24.6 Å². The maximum Gasteiger partial charge on any atom is 0.328 e. The third-order valence-corrected chi connectivity index (χ3v) is 6.50. The molecule has 3 aromatic rings. The second-order valence-electron chi connectivity index (χ2n) is 7.94. The number of aliphatic imine (C=N–C) groups is 1. The highest BCUT2D eigenvalue weighted by molar-refractivity contribution is 8.15. The number of anilines is 1. The lowest BCUT2D eigenvalue weighted by atomic mass is 10.0. The molecule has 2 aromatic carbocycles. The van der Waals surface area contributed by atoms with Crippen LogP contribution < -0.4 is 21.9 Å². The van der Waals surface area contributed by atoms with Crippen molar-refractivity contribution < 1.29 is 24.6 Å². The summed E-state index contributed by atoms with van der Waals surface area (Å²) in [6, 6.07) is 11.8. The number of benzene rings is 2. The summed E-state index contributed by atoms with van der Waals surface area (Å²) in [4.78, 5) is 66.6. The van der Waals surface area contributed by atoms with E-state index >= 15 is 0 Å². The van der Waals surface area contributed by atoms with E-state index in [1.54, 1.807) is 48.5 Å². The Labute approximate surface area is 234 Å². The lowest BCUT2D eigenvalue weighted by molar-refractivity contribution is -0.134. The minimum absolute atomic E-state index is 0.134. The van der Waals surface area contributed by atoms with Gasteiger partial charge in [0.2, 0.25) is 17.7 Å². The van der Waals surface area contributed by atoms with E-state index in [1.807, 2.05) is 0 Å². The van der Waals surface area contributed by atoms with Crippen LogP contribution in [0.3, 0.4) is 0 Å². The van der Waals surface area contributed by atoms with Crippen LogP contribution in [-0.2, 0) is 14.4 Å². The summed E-state index contributed by atoms with van der Waals surface area (Å²) in [7, 11) is 0. The Morgan fingerprint density at radius 2 is 1.74 bits per heavy atom. The van der Waals surface area contributed by atoms with Crippen molar-refractivity contribution in [3.05, 3.63) is 90.5 Å². The predicted octanol–water partition coefficient (Wildman–Crippen LogP) is 2.87. The van der Waals surface area contributed by atoms with Gasteiger partial charge < -0.3 is 20.8 Å². The van der Waals surface area contributed by atoms with Crippen LogP contribution in [0.15, 0.2) is 63.1 Å². The number of amides is 2. The Morgan fingerprint density at radius 3 is 2.36 bits per heavy atom. The Bertz CT molecular complexity index is 1530. The van der Waals surface area contributed by atoms with Crippen molar-refractivity contribution >= 4 is 63.6 Å². The number of nitrogens with zero attached hydrogens (tertiary/aromatic N) is 1. The molecule has 0 bridgehead atoms. The molecule has 2 heterocycles. The first-order chi connectivity index (χ1) is 18.4. The Kier molecular flexibility index (Phi) is 9.93. The molecule has 6 N–H and O–H groups in total. The van der Waals surface area contributed by atoms with Gasteiger partial charge in [0.25, 0.3) is 11.5 Å². The molecule has 1 aromatic heterocycles. The second kappa shape index (κ2) is 13.1. The minimum atomic E-state index is -1.11. The molecule has 1 saturated heterocycles. The van der Waals surface area contributed by atoms with Crippen molar-refractivity contribution in [2.75, 3.05) is 5.32 Å². The summed E-state index contributed by atoms with van der Waals surface area (Å²) in [5.41, 5.74) is -1.02. The average Bonchev–Trinajstić information content (AvgIpc) is 3.17. The number of halogens is 2. The fourth-order valence-corrected chi connectivity index (χ4v) is 4.67. The van der Waals surface area contributed by atoms with Crippen molar-refractivity contribution in [1.29, 1.82) is 0 Å². The van der Waals surface area contributed by atoms with E-state index in [2.05, 4.69) is 25.6 Å². The molecular weight excluding hydrogens is 573 g/mol. The van der Waals surface area contributed by atoms with Crippen molar-refractivity contribution in [1.82, 2.24) is 15.3 Å². The van der Waals surface area contributed by atoms with Crippen LogP contribution in [0.2, 0.25) is 10.0 Å². The molecule has 15 heteroatoms. The summed E-state index contributed by atoms with van der Waals surface area (Å²) < 4.78 is 0. The molecule has 1 aliphatic heterocycles. The molecule has 0 saturated carbocycles. The molecule has 12 nitrogen and oxygen atoms in total. The zero-order valence-corrected chi connectivity index (χ0v) is 22.4. The van der Waals surface area contributed by atoms with Gasteiger partial charge in [0, 0.05) is 29.1 Å². The van der Waals surface area contributed by atoms with E-state index in [-0.39, 0.29) is 23.1 Å². The fourth-order valence-electron chi connectivity index (χ4n) is 3.35. The summed E-state index contributed by atoms with van der Waals surface area (Å²) in [5, 5.41) is 23.2. The summed E-state index contributed by atoms with van der Waals surface area (Å²) in [6.45, 7) is 1.08. The van der Waals surface area contributed by atoms with Crippen LogP contribution in [0, 0.1) is 0 Å². The van der Waals surface area contributed by atoms with Crippen LogP contribution in [0.5, 0.6) is 5.88 Å². The quantitative estimate of drug-likeness (QED) is 0.251. The zero-order chi connectivity index (χ0) is 28.7. The number of nitrogens with one attached hydrogen (secondary N) is 4. The Hall–Kier alpha value is -4.07. The predicted molar refractivity (Wildman–Crippen MR) is 148 cm³/mol. The SMILES string of the molecule is CC(=O)O.O=C(CC1SC(=NC(c2cccc(Cl)c2)c2c(O)[nH]c(=O)[nH]c2=O)NC1=O)Nc1ccc(Cl)cc1. The third kappa shape index (κ3) is 8.46. The molecular formula is C24H21Cl2N5O7S. The lowest BCUT2D eigenvalue weighted by Crippen LogP contribution is -2.29. The van der Waals surface area contributed by atoms with Gasteiger partial charge in [-0.15, -0.1) is 0 Å². The summed E-state index contributed by atoms with van der Waals surface area (Å²) >= 11 is 12.9. The molecule has 4 rings (SSSR count). The second-order valence-corrected chi connectivity index (χ2v) is 10.0. The van der Waals surface area contributed by atoms with Crippen LogP contribution in [0.1, 0.15) is 30.5 Å². The fraction of sp³-hybridized carbons (Fsp3) is 0.167. The van der Waals surface area contributed by atoms with Crippen molar-refractivity contribution in [2.24, 2.45) is 4.99 Å². The first-order valence-corrected chi connectivity index (χ1v) is 12.7. The van der Waals surface area contributed by atoms with Crippen LogP contribution in [-0.4, -0.2) is 48.4 Å². The average molecular weight is 594 g/mol. The van der Waals surface area contributed by atoms with E-state index in [9.17, 15) is 24.3 Å². The monoisotopic (exact) mass is 593 g/mol. The van der Waals surface area contributed by atoms with Gasteiger partial charge in [-0.3, -0.25) is 29.1 Å². The number of aliphatic carboxylic acids is 1. The van der Waals surface area contributed by atoms with Crippen molar-refractivity contribution in [3.63, 3.8) is 0 Å². The summed E-state index contributed by atoms with van der Waals surface area (Å²) in [6.07, 6.45) is -0.134. The molecule has 2 amide bonds. The van der Waals surface area contributed by atoms with E-state index in [0.29, 0.717) is 21.3 Å². The normalized spacial score (nSPS) is 16.1. The highest BCUT2D eigenvalue weighted by atomic mass is 35.5. The number of carboxylic acid groups (broad SMARTS) is 1. The number of carbonyl (C=O) groups is 3. The first kappa shape index (κ1) is 29.5. The van der Waals surface area contributed by atoms with E-state index < -0.39 is 40.3 Å². The summed E-state index contributed by atoms with van der Waals surface area (Å²) in [5.74, 6) is -2.33. The highest BCUT2D eigenvalue weighted by Gasteiger charge is 2.34. The molecule has 204 valence electrons. The van der Waals surface area contributed by atoms with Gasteiger partial charge in [0.05, 0.1) is 0 Å². The molecule has 1 fully saturated rings. The zero-order valence-electron chi connectivity index (χ0n) is 20.0. The van der Waals surface area contributed by atoms with E-state index in [0.717, 1.165) is 18.7 Å². The van der Waals surface area contributed by atoms with Gasteiger partial charge >= 0.3 is 5.69 Å². The van der Waals surface area contributed by atoms with Gasteiger partial charge in [0.15, 0.2) is 5.17 Å². The largest absolute Gasteiger partial charge is 0.494 e. The number of rotatable bonds is 6. The smallest absolute Gasteiger partial charge is 0.328 e. The standard InChI is InChI=1S/C22H17Cl2N5O5S.C2H4O2/c23-11-4-6-13(7-5-11)25-15(30)9-14-18(31)29-22(35-14)26-17(10-2-1-3-12(24)8-10)16-19(32)27-21(34)28-20(16)33;1-2(3)4/h1-8,14,17H,9H2,(H,25,30)(H,26,29,31)(H3,27,28,32,33,34);1H3,(H,3,4). The lowest BCUT2D eigenvalue weighted by Gasteiger charge is -2.14. The number of amidine groups is 1. The van der Waals surface area contributed by atoms with Crippen LogP contribution in [0.25, 0.3) is 0 Å². The van der Waals surface area contributed by atoms with Gasteiger partial charge in [-0.05, 0) is 42.0 Å². The van der Waals surface area contributed by atoms with Gasteiger partial charge in [-0.1, -0.05) is 47.1 Å². The Balaban J connectivity index is 0.000000983. The van der Waals surface area contributed by atoms with E-state index in [1.165, 1.54) is 0 Å². The number of thioether (sulfide) groups is 1. The molecule has 0 radical (unpaired) electrons. The molecule has 0 aliphatic carbocycles. The maximum absolute atomic E-state index is 12.5. The first-order valence-electron chi connectivity index (χ1n) is 11.0. The number of aromatic nitrogens is 2. The number of hydrogen-bond acceptors (Lipinski definition) is 8. The molecule has 2 unspecified atom stereocenters. The molecule has 1 aliphatic rings. The van der Waals surface area contributed by atoms with Crippen molar-refractivity contribution in [3.8, 4) is 5.88 Å². The molecule has 2 atom stereocenters. The number of aromatic hydroxyl groups is 1. The number of carbonyl (C=O) groups excluding carboxylic acids is 2.